The van der Waals surface area contributed by atoms with Gasteiger partial charge in [0.15, 0.2) is 5.78 Å². The molecule has 3 unspecified atom stereocenters. The molecule has 0 aliphatic heterocycles. The lowest BCUT2D eigenvalue weighted by Crippen LogP contribution is -2.43. The number of nitrogens with zero attached hydrogens (tertiary/aromatic N) is 2. The Hall–Kier alpha value is -2.00. The highest BCUT2D eigenvalue weighted by molar-refractivity contribution is 6.49. The van der Waals surface area contributed by atoms with Gasteiger partial charge in [0.1, 0.15) is 16.8 Å². The highest BCUT2D eigenvalue weighted by Crippen LogP contribution is 2.43. The van der Waals surface area contributed by atoms with Crippen molar-refractivity contribution in [2.75, 3.05) is 13.1 Å². The second-order valence-electron chi connectivity index (χ2n) is 10.7. The van der Waals surface area contributed by atoms with E-state index in [2.05, 4.69) is 4.98 Å². The fraction of sp³-hybridized carbons (Fsp3) is 0.704. The largest absolute Gasteiger partial charge is 0.433 e. The molecule has 2 aliphatic carbocycles. The third-order valence-corrected chi connectivity index (χ3v) is 8.30. The summed E-state index contributed by atoms with van der Waals surface area (Å²) in [5, 5.41) is 16.7. The van der Waals surface area contributed by atoms with Crippen molar-refractivity contribution in [2.24, 2.45) is 17.8 Å². The lowest BCUT2D eigenvalue weighted by Gasteiger charge is -2.34. The first-order valence-electron chi connectivity index (χ1n) is 13.1. The molecule has 0 aromatic carbocycles. The van der Waals surface area contributed by atoms with E-state index < -0.39 is 28.9 Å². The van der Waals surface area contributed by atoms with Gasteiger partial charge < -0.3 is 10.0 Å². The average molecular weight is 544 g/mol. The molecule has 0 spiro atoms. The monoisotopic (exact) mass is 543 g/mol. The molecule has 6 nitrogen and oxygen atoms in total. The Morgan fingerprint density at radius 1 is 1.16 bits per heavy atom. The molecule has 2 saturated carbocycles. The van der Waals surface area contributed by atoms with Crippen LogP contribution in [0.1, 0.15) is 94.0 Å². The molecule has 2 aliphatic rings. The number of aliphatic hydroxyl groups excluding tert-OH is 1. The predicted octanol–water partition coefficient (Wildman–Crippen LogP) is 5.91. The van der Waals surface area contributed by atoms with Crippen molar-refractivity contribution in [3.05, 3.63) is 29.1 Å². The van der Waals surface area contributed by atoms with E-state index in [-0.39, 0.29) is 48.4 Å². The van der Waals surface area contributed by atoms with Crippen molar-refractivity contribution in [3.8, 4) is 0 Å². The third-order valence-electron chi connectivity index (χ3n) is 7.86. The van der Waals surface area contributed by atoms with Crippen molar-refractivity contribution in [3.63, 3.8) is 0 Å². The van der Waals surface area contributed by atoms with Gasteiger partial charge in [0.25, 0.3) is 5.91 Å². The van der Waals surface area contributed by atoms with Gasteiger partial charge in [-0.15, -0.1) is 11.6 Å². The average Bonchev–Trinajstić information content (AvgIpc) is 3.71. The summed E-state index contributed by atoms with van der Waals surface area (Å²) in [4.78, 5) is 31.3. The molecule has 0 radical (unpaired) electrons. The SMILES string of the molecule is CCCN(CC(=O)C(C)C(C)C1CCC(O)CC1)C(=O)C(=N)C(Cl)c1cc(C2CC2)cc(C(F)(F)F)n1. The number of Topliss-reactive ketones (excluding diaryl/α,β-unsaturated/α-hetero) is 1. The molecule has 2 fully saturated rings. The Labute approximate surface area is 221 Å². The van der Waals surface area contributed by atoms with Gasteiger partial charge in [0.05, 0.1) is 18.3 Å². The Balaban J connectivity index is 1.72. The molecule has 0 saturated heterocycles. The Morgan fingerprint density at radius 2 is 1.78 bits per heavy atom. The first-order chi connectivity index (χ1) is 17.3. The predicted molar refractivity (Wildman–Crippen MR) is 136 cm³/mol. The molecule has 1 aromatic heterocycles. The van der Waals surface area contributed by atoms with Gasteiger partial charge in [-0.1, -0.05) is 20.8 Å². The zero-order chi connectivity index (χ0) is 27.5. The molecular formula is C27H37ClF3N3O3. The number of aromatic nitrogens is 1. The van der Waals surface area contributed by atoms with E-state index in [9.17, 15) is 27.9 Å². The number of hydrogen-bond acceptors (Lipinski definition) is 5. The summed E-state index contributed by atoms with van der Waals surface area (Å²) >= 11 is 6.37. The number of hydrogen-bond donors (Lipinski definition) is 2. The number of nitrogens with one attached hydrogen (secondary N) is 1. The van der Waals surface area contributed by atoms with Crippen LogP contribution < -0.4 is 0 Å². The van der Waals surface area contributed by atoms with Gasteiger partial charge in [-0.2, -0.15) is 13.2 Å². The maximum Gasteiger partial charge on any atom is 0.433 e. The van der Waals surface area contributed by atoms with Crippen LogP contribution in [0.5, 0.6) is 0 Å². The van der Waals surface area contributed by atoms with Crippen LogP contribution in [0.4, 0.5) is 13.2 Å². The molecule has 0 bridgehead atoms. The Bertz CT molecular complexity index is 991. The molecule has 1 amide bonds. The van der Waals surface area contributed by atoms with Crippen LogP contribution in [0.3, 0.4) is 0 Å². The van der Waals surface area contributed by atoms with Crippen molar-refractivity contribution in [1.82, 2.24) is 9.88 Å². The lowest BCUT2D eigenvalue weighted by molar-refractivity contribution is -0.141. The number of alkyl halides is 4. The zero-order valence-electron chi connectivity index (χ0n) is 21.7. The van der Waals surface area contributed by atoms with E-state index in [4.69, 9.17) is 17.0 Å². The fourth-order valence-corrected chi connectivity index (χ4v) is 5.32. The number of ketones is 1. The quantitative estimate of drug-likeness (QED) is 0.268. The van der Waals surface area contributed by atoms with Crippen LogP contribution in [0, 0.1) is 23.2 Å². The van der Waals surface area contributed by atoms with Crippen molar-refractivity contribution in [2.45, 2.75) is 89.3 Å². The molecule has 10 heteroatoms. The summed E-state index contributed by atoms with van der Waals surface area (Å²) in [6.07, 6.45) is 0.264. The molecule has 2 N–H and O–H groups in total. The maximum atomic E-state index is 13.4. The van der Waals surface area contributed by atoms with Gasteiger partial charge in [-0.25, -0.2) is 4.98 Å². The van der Waals surface area contributed by atoms with E-state index in [1.807, 2.05) is 20.8 Å². The van der Waals surface area contributed by atoms with Crippen molar-refractivity contribution < 1.29 is 27.9 Å². The molecule has 1 heterocycles. The molecule has 3 rings (SSSR count). The van der Waals surface area contributed by atoms with E-state index in [0.29, 0.717) is 17.9 Å². The topological polar surface area (TPSA) is 94.4 Å². The molecule has 3 atom stereocenters. The molecule has 37 heavy (non-hydrogen) atoms. The van der Waals surface area contributed by atoms with Crippen LogP contribution in [0.15, 0.2) is 12.1 Å². The van der Waals surface area contributed by atoms with Gasteiger partial charge in [0, 0.05) is 12.5 Å². The van der Waals surface area contributed by atoms with E-state index in [0.717, 1.165) is 44.6 Å². The number of halogens is 4. The number of pyridine rings is 1. The molecule has 1 aromatic rings. The maximum absolute atomic E-state index is 13.4. The number of carbonyl (C=O) groups excluding carboxylic acids is 2. The Kier molecular flexibility index (Phi) is 9.78. The smallest absolute Gasteiger partial charge is 0.393 e. The van der Waals surface area contributed by atoms with Gasteiger partial charge >= 0.3 is 6.18 Å². The van der Waals surface area contributed by atoms with Gasteiger partial charge in [-0.05, 0) is 80.4 Å². The number of amides is 1. The highest BCUT2D eigenvalue weighted by atomic mass is 35.5. The summed E-state index contributed by atoms with van der Waals surface area (Å²) in [6, 6.07) is 2.46. The van der Waals surface area contributed by atoms with Crippen LogP contribution in [-0.2, 0) is 15.8 Å². The highest BCUT2D eigenvalue weighted by Gasteiger charge is 2.37. The summed E-state index contributed by atoms with van der Waals surface area (Å²) in [7, 11) is 0. The first-order valence-corrected chi connectivity index (χ1v) is 13.6. The van der Waals surface area contributed by atoms with Crippen molar-refractivity contribution in [1.29, 1.82) is 5.41 Å². The summed E-state index contributed by atoms with van der Waals surface area (Å²) < 4.78 is 40.3. The van der Waals surface area contributed by atoms with E-state index in [1.54, 1.807) is 0 Å². The van der Waals surface area contributed by atoms with Gasteiger partial charge in [-0.3, -0.25) is 15.0 Å². The van der Waals surface area contributed by atoms with E-state index >= 15 is 0 Å². The van der Waals surface area contributed by atoms with Crippen LogP contribution in [0.2, 0.25) is 0 Å². The fourth-order valence-electron chi connectivity index (χ4n) is 5.11. The first kappa shape index (κ1) is 29.6. The van der Waals surface area contributed by atoms with Gasteiger partial charge in [0.2, 0.25) is 0 Å². The molecule has 206 valence electrons. The number of carbonyl (C=O) groups is 2. The Morgan fingerprint density at radius 3 is 2.32 bits per heavy atom. The minimum Gasteiger partial charge on any atom is -0.393 e. The second-order valence-corrected chi connectivity index (χ2v) is 11.1. The zero-order valence-corrected chi connectivity index (χ0v) is 22.4. The minimum absolute atomic E-state index is 0.00159. The third kappa shape index (κ3) is 7.53. The number of rotatable bonds is 11. The number of aliphatic hydroxyl groups is 1. The lowest BCUT2D eigenvalue weighted by atomic mass is 9.74. The van der Waals surface area contributed by atoms with Crippen LogP contribution >= 0.6 is 11.6 Å². The second kappa shape index (κ2) is 12.2. The summed E-state index contributed by atoms with van der Waals surface area (Å²) in [6.45, 7) is 5.72. The minimum atomic E-state index is -4.67. The van der Waals surface area contributed by atoms with E-state index in [1.165, 1.54) is 11.0 Å². The van der Waals surface area contributed by atoms with Crippen LogP contribution in [0.25, 0.3) is 0 Å². The summed E-state index contributed by atoms with van der Waals surface area (Å²) in [5.74, 6) is -0.832. The van der Waals surface area contributed by atoms with Crippen LogP contribution in [-0.4, -0.2) is 51.6 Å². The van der Waals surface area contributed by atoms with Crippen molar-refractivity contribution >= 4 is 29.0 Å². The normalized spacial score (nSPS) is 22.7. The standard InChI is InChI=1S/C27H37ClF3N3O3/c1-4-11-34(14-22(36)16(3)15(2)17-7-9-20(35)10-8-17)26(37)25(32)24(28)21-12-19(18-5-6-18)13-23(33-21)27(29,30)31/h12-13,15-18,20,24,32,35H,4-11,14H2,1-3H3. The summed E-state index contributed by atoms with van der Waals surface area (Å²) in [5.41, 5.74) is -1.40. The molecular weight excluding hydrogens is 507 g/mol.